The van der Waals surface area contributed by atoms with Gasteiger partial charge in [0.25, 0.3) is 0 Å². The van der Waals surface area contributed by atoms with Gasteiger partial charge in [-0.1, -0.05) is 37.3 Å². The number of carbonyl (C=O) groups is 1. The van der Waals surface area contributed by atoms with Crippen LogP contribution in [0.3, 0.4) is 0 Å². The number of aromatic amines is 1. The van der Waals surface area contributed by atoms with Crippen molar-refractivity contribution in [1.29, 1.82) is 0 Å². The minimum absolute atomic E-state index is 0.0571. The van der Waals surface area contributed by atoms with Gasteiger partial charge < -0.3 is 4.98 Å². The summed E-state index contributed by atoms with van der Waals surface area (Å²) < 4.78 is 13.4. The average molecular weight is 267 g/mol. The van der Waals surface area contributed by atoms with Crippen LogP contribution in [0.4, 0.5) is 4.39 Å². The molecule has 3 rings (SSSR count). The molecule has 2 aromatic carbocycles. The molecule has 0 aliphatic carbocycles. The number of halogens is 1. The molecule has 0 atom stereocenters. The molecule has 0 aliphatic heterocycles. The van der Waals surface area contributed by atoms with E-state index in [9.17, 15) is 9.18 Å². The molecular weight excluding hydrogens is 253 g/mol. The topological polar surface area (TPSA) is 32.9 Å². The van der Waals surface area contributed by atoms with Gasteiger partial charge in [0.1, 0.15) is 5.82 Å². The number of hydrogen-bond acceptors (Lipinski definition) is 1. The zero-order chi connectivity index (χ0) is 14.1. The molecule has 2 nitrogen and oxygen atoms in total. The second-order valence-electron chi connectivity index (χ2n) is 4.71. The maximum Gasteiger partial charge on any atom is 0.165 e. The monoisotopic (exact) mass is 267 g/mol. The normalized spacial score (nSPS) is 10.9. The fraction of sp³-hybridized carbons (Fsp3) is 0.118. The predicted molar refractivity (Wildman–Crippen MR) is 78.3 cm³/mol. The first-order valence-electron chi connectivity index (χ1n) is 6.60. The van der Waals surface area contributed by atoms with Crippen LogP contribution in [0.1, 0.15) is 23.7 Å². The Kier molecular flexibility index (Phi) is 3.11. The molecule has 1 N–H and O–H groups in total. The summed E-state index contributed by atoms with van der Waals surface area (Å²) >= 11 is 0. The number of carbonyl (C=O) groups excluding carboxylic acids is 1. The van der Waals surface area contributed by atoms with Crippen molar-refractivity contribution in [2.24, 2.45) is 0 Å². The van der Waals surface area contributed by atoms with Crippen LogP contribution in [0.2, 0.25) is 0 Å². The average Bonchev–Trinajstić information content (AvgIpc) is 2.86. The molecule has 3 aromatic rings. The molecule has 20 heavy (non-hydrogen) atoms. The van der Waals surface area contributed by atoms with E-state index in [2.05, 4.69) is 4.98 Å². The number of para-hydroxylation sites is 1. The van der Waals surface area contributed by atoms with Crippen LogP contribution in [0.25, 0.3) is 22.2 Å². The zero-order valence-electron chi connectivity index (χ0n) is 11.1. The molecule has 0 bridgehead atoms. The molecule has 3 heteroatoms. The van der Waals surface area contributed by atoms with Crippen molar-refractivity contribution < 1.29 is 9.18 Å². The first-order valence-corrected chi connectivity index (χ1v) is 6.60. The number of hydrogen-bond donors (Lipinski definition) is 1. The fourth-order valence-corrected chi connectivity index (χ4v) is 2.47. The molecule has 1 aromatic heterocycles. The lowest BCUT2D eigenvalue weighted by atomic mass is 10.0. The van der Waals surface area contributed by atoms with Crippen LogP contribution in [-0.2, 0) is 0 Å². The van der Waals surface area contributed by atoms with Gasteiger partial charge in [-0.2, -0.15) is 0 Å². The SMILES string of the molecule is CCC(=O)c1c(-c2cccc(F)c2)[nH]c2ccccc12. The fourth-order valence-electron chi connectivity index (χ4n) is 2.47. The smallest absolute Gasteiger partial charge is 0.165 e. The van der Waals surface area contributed by atoms with Crippen molar-refractivity contribution in [2.75, 3.05) is 0 Å². The highest BCUT2D eigenvalue weighted by molar-refractivity contribution is 6.13. The van der Waals surface area contributed by atoms with Gasteiger partial charge in [0, 0.05) is 22.9 Å². The molecule has 0 spiro atoms. The van der Waals surface area contributed by atoms with Crippen LogP contribution in [0, 0.1) is 5.82 Å². The number of ketones is 1. The van der Waals surface area contributed by atoms with E-state index in [0.29, 0.717) is 23.2 Å². The summed E-state index contributed by atoms with van der Waals surface area (Å²) in [6.45, 7) is 1.83. The van der Waals surface area contributed by atoms with E-state index < -0.39 is 0 Å². The van der Waals surface area contributed by atoms with E-state index >= 15 is 0 Å². The van der Waals surface area contributed by atoms with E-state index in [1.807, 2.05) is 31.2 Å². The quantitative estimate of drug-likeness (QED) is 0.693. The highest BCUT2D eigenvalue weighted by atomic mass is 19.1. The Morgan fingerprint density at radius 1 is 1.15 bits per heavy atom. The Morgan fingerprint density at radius 3 is 2.70 bits per heavy atom. The number of Topliss-reactive ketones (excluding diaryl/α,β-unsaturated/α-hetero) is 1. The molecule has 100 valence electrons. The van der Waals surface area contributed by atoms with Crippen LogP contribution < -0.4 is 0 Å². The van der Waals surface area contributed by atoms with Gasteiger partial charge in [0.2, 0.25) is 0 Å². The maximum absolute atomic E-state index is 13.4. The lowest BCUT2D eigenvalue weighted by Crippen LogP contribution is -1.98. The van der Waals surface area contributed by atoms with Crippen molar-refractivity contribution in [1.82, 2.24) is 4.98 Å². The summed E-state index contributed by atoms with van der Waals surface area (Å²) in [4.78, 5) is 15.5. The first-order chi connectivity index (χ1) is 9.70. The van der Waals surface area contributed by atoms with Gasteiger partial charge in [-0.05, 0) is 18.2 Å². The lowest BCUT2D eigenvalue weighted by Gasteiger charge is -2.03. The van der Waals surface area contributed by atoms with E-state index in [0.717, 1.165) is 10.9 Å². The van der Waals surface area contributed by atoms with E-state index in [1.165, 1.54) is 12.1 Å². The van der Waals surface area contributed by atoms with Gasteiger partial charge in [0.05, 0.1) is 11.3 Å². The Hall–Kier alpha value is -2.42. The number of H-pyrrole nitrogens is 1. The molecule has 0 unspecified atom stereocenters. The van der Waals surface area contributed by atoms with Crippen LogP contribution in [0.15, 0.2) is 48.5 Å². The summed E-state index contributed by atoms with van der Waals surface area (Å²) in [6, 6.07) is 13.9. The Balaban J connectivity index is 2.32. The molecular formula is C17H14FNO. The van der Waals surface area contributed by atoms with Crippen LogP contribution in [0.5, 0.6) is 0 Å². The Bertz CT molecular complexity index is 789. The minimum Gasteiger partial charge on any atom is -0.354 e. The summed E-state index contributed by atoms with van der Waals surface area (Å²) in [6.07, 6.45) is 0.421. The van der Waals surface area contributed by atoms with Crippen molar-refractivity contribution in [3.8, 4) is 11.3 Å². The molecule has 0 radical (unpaired) electrons. The third-order valence-corrected chi connectivity index (χ3v) is 3.42. The van der Waals surface area contributed by atoms with E-state index in [1.54, 1.807) is 12.1 Å². The second-order valence-corrected chi connectivity index (χ2v) is 4.71. The standard InChI is InChI=1S/C17H14FNO/c1-2-15(20)16-13-8-3-4-9-14(13)19-17(16)11-6-5-7-12(18)10-11/h3-10,19H,2H2,1H3. The third kappa shape index (κ3) is 2.01. The summed E-state index contributed by atoms with van der Waals surface area (Å²) in [5.74, 6) is -0.252. The number of nitrogens with one attached hydrogen (secondary N) is 1. The lowest BCUT2D eigenvalue weighted by molar-refractivity contribution is 0.0990. The molecule has 0 fully saturated rings. The van der Waals surface area contributed by atoms with Crippen molar-refractivity contribution in [2.45, 2.75) is 13.3 Å². The number of benzene rings is 2. The number of rotatable bonds is 3. The van der Waals surface area contributed by atoms with Gasteiger partial charge in [0.15, 0.2) is 5.78 Å². The number of fused-ring (bicyclic) bond motifs is 1. The van der Waals surface area contributed by atoms with Gasteiger partial charge >= 0.3 is 0 Å². The summed E-state index contributed by atoms with van der Waals surface area (Å²) in [5, 5.41) is 0.888. The molecule has 0 aliphatic rings. The molecule has 0 saturated heterocycles. The maximum atomic E-state index is 13.4. The van der Waals surface area contributed by atoms with Crippen LogP contribution >= 0.6 is 0 Å². The third-order valence-electron chi connectivity index (χ3n) is 3.42. The van der Waals surface area contributed by atoms with E-state index in [4.69, 9.17) is 0 Å². The highest BCUT2D eigenvalue weighted by Gasteiger charge is 2.18. The van der Waals surface area contributed by atoms with Crippen molar-refractivity contribution in [3.63, 3.8) is 0 Å². The molecule has 0 saturated carbocycles. The molecule has 1 heterocycles. The summed E-state index contributed by atoms with van der Waals surface area (Å²) in [7, 11) is 0. The van der Waals surface area contributed by atoms with Gasteiger partial charge in [-0.3, -0.25) is 4.79 Å². The Labute approximate surface area is 116 Å². The Morgan fingerprint density at radius 2 is 1.95 bits per heavy atom. The first kappa shape index (κ1) is 12.6. The largest absolute Gasteiger partial charge is 0.354 e. The van der Waals surface area contributed by atoms with Crippen molar-refractivity contribution >= 4 is 16.7 Å². The van der Waals surface area contributed by atoms with Gasteiger partial charge in [-0.25, -0.2) is 4.39 Å². The second kappa shape index (κ2) is 4.93. The highest BCUT2D eigenvalue weighted by Crippen LogP contribution is 2.31. The number of aromatic nitrogens is 1. The van der Waals surface area contributed by atoms with Crippen LogP contribution in [-0.4, -0.2) is 10.8 Å². The summed E-state index contributed by atoms with van der Waals surface area (Å²) in [5.41, 5.74) is 2.92. The van der Waals surface area contributed by atoms with E-state index in [-0.39, 0.29) is 11.6 Å². The molecule has 0 amide bonds. The predicted octanol–water partition coefficient (Wildman–Crippen LogP) is 4.57. The van der Waals surface area contributed by atoms with Crippen molar-refractivity contribution in [3.05, 3.63) is 59.9 Å². The zero-order valence-corrected chi connectivity index (χ0v) is 11.1. The minimum atomic E-state index is -0.309. The van der Waals surface area contributed by atoms with Gasteiger partial charge in [-0.15, -0.1) is 0 Å².